The lowest BCUT2D eigenvalue weighted by atomic mass is 10.1. The van der Waals surface area contributed by atoms with Gasteiger partial charge in [-0.25, -0.2) is 0 Å². The number of alkyl halides is 2. The fourth-order valence-corrected chi connectivity index (χ4v) is 2.03. The molecule has 0 spiro atoms. The zero-order valence-corrected chi connectivity index (χ0v) is 12.8. The van der Waals surface area contributed by atoms with E-state index in [4.69, 9.17) is 4.74 Å². The summed E-state index contributed by atoms with van der Waals surface area (Å²) in [6.45, 7) is -0.676. The number of nitrogens with one attached hydrogen (secondary N) is 1. The Morgan fingerprint density at radius 1 is 1.17 bits per heavy atom. The molecule has 23 heavy (non-hydrogen) atoms. The molecule has 0 radical (unpaired) electrons. The molecule has 0 unspecified atom stereocenters. The summed E-state index contributed by atoms with van der Waals surface area (Å²) in [5.41, 5.74) is 2.21. The monoisotopic (exact) mass is 321 g/mol. The Bertz CT molecular complexity index is 672. The second kappa shape index (κ2) is 7.58. The predicted octanol–water partition coefficient (Wildman–Crippen LogP) is 3.54. The molecular weight excluding hydrogens is 304 g/mol. The van der Waals surface area contributed by atoms with Crippen LogP contribution >= 0.6 is 0 Å². The van der Waals surface area contributed by atoms with E-state index in [0.29, 0.717) is 11.3 Å². The Balaban J connectivity index is 1.96. The molecule has 0 bridgehead atoms. The Labute approximate surface area is 133 Å². The number of ether oxygens (including phenoxy) is 2. The Morgan fingerprint density at radius 2 is 1.87 bits per heavy atom. The molecule has 6 heteroatoms. The van der Waals surface area contributed by atoms with Crippen molar-refractivity contribution in [2.75, 3.05) is 7.11 Å². The minimum absolute atomic E-state index is 0.0818. The second-order valence-corrected chi connectivity index (χ2v) is 4.89. The van der Waals surface area contributed by atoms with Crippen molar-refractivity contribution in [1.29, 1.82) is 0 Å². The highest BCUT2D eigenvalue weighted by Gasteiger charge is 2.09. The maximum atomic E-state index is 12.1. The first-order valence-electron chi connectivity index (χ1n) is 6.96. The lowest BCUT2D eigenvalue weighted by Crippen LogP contribution is -2.22. The lowest BCUT2D eigenvalue weighted by molar-refractivity contribution is -0.0498. The van der Waals surface area contributed by atoms with Crippen molar-refractivity contribution >= 4 is 5.91 Å². The van der Waals surface area contributed by atoms with Gasteiger partial charge in [0.25, 0.3) is 5.91 Å². The minimum atomic E-state index is -2.85. The van der Waals surface area contributed by atoms with Gasteiger partial charge < -0.3 is 14.8 Å². The van der Waals surface area contributed by atoms with Gasteiger partial charge in [0.15, 0.2) is 0 Å². The second-order valence-electron chi connectivity index (χ2n) is 4.89. The average Bonchev–Trinajstić information content (AvgIpc) is 2.54. The number of methoxy groups -OCH3 is 1. The molecule has 0 saturated heterocycles. The molecule has 0 aliphatic carbocycles. The molecule has 2 aromatic rings. The molecular formula is C17H17F2NO3. The van der Waals surface area contributed by atoms with Gasteiger partial charge in [0, 0.05) is 12.1 Å². The first-order valence-corrected chi connectivity index (χ1v) is 6.96. The SMILES string of the molecule is COc1cc(C(=O)NCc2ccc(OC(F)F)cc2)ccc1C. The normalized spacial score (nSPS) is 10.5. The third-order valence-electron chi connectivity index (χ3n) is 3.27. The highest BCUT2D eigenvalue weighted by molar-refractivity contribution is 5.94. The molecule has 1 amide bonds. The van der Waals surface area contributed by atoms with Gasteiger partial charge in [0.2, 0.25) is 0 Å². The molecule has 2 aromatic carbocycles. The van der Waals surface area contributed by atoms with Crippen molar-refractivity contribution in [2.24, 2.45) is 0 Å². The van der Waals surface area contributed by atoms with E-state index in [-0.39, 0.29) is 18.2 Å². The van der Waals surface area contributed by atoms with Crippen molar-refractivity contribution < 1.29 is 23.0 Å². The van der Waals surface area contributed by atoms with E-state index in [9.17, 15) is 13.6 Å². The zero-order valence-electron chi connectivity index (χ0n) is 12.8. The summed E-state index contributed by atoms with van der Waals surface area (Å²) in [6.07, 6.45) is 0. The summed E-state index contributed by atoms with van der Waals surface area (Å²) in [5.74, 6) is 0.487. The van der Waals surface area contributed by atoms with Crippen LogP contribution in [0.25, 0.3) is 0 Å². The van der Waals surface area contributed by atoms with Crippen LogP contribution in [-0.4, -0.2) is 19.6 Å². The van der Waals surface area contributed by atoms with Crippen LogP contribution < -0.4 is 14.8 Å². The van der Waals surface area contributed by atoms with Crippen LogP contribution in [0.5, 0.6) is 11.5 Å². The minimum Gasteiger partial charge on any atom is -0.496 e. The van der Waals surface area contributed by atoms with Gasteiger partial charge in [-0.3, -0.25) is 4.79 Å². The summed E-state index contributed by atoms with van der Waals surface area (Å²) >= 11 is 0. The summed E-state index contributed by atoms with van der Waals surface area (Å²) in [4.78, 5) is 12.1. The highest BCUT2D eigenvalue weighted by atomic mass is 19.3. The van der Waals surface area contributed by atoms with Gasteiger partial charge in [-0.15, -0.1) is 0 Å². The Morgan fingerprint density at radius 3 is 2.48 bits per heavy atom. The van der Waals surface area contributed by atoms with Gasteiger partial charge in [0.05, 0.1) is 7.11 Å². The standard InChI is InChI=1S/C17H17F2NO3/c1-11-3-6-13(9-15(11)22-2)16(21)20-10-12-4-7-14(8-5-12)23-17(18)19/h3-9,17H,10H2,1-2H3,(H,20,21). The Hall–Kier alpha value is -2.63. The number of hydrogen-bond acceptors (Lipinski definition) is 3. The van der Waals surface area contributed by atoms with Gasteiger partial charge in [-0.2, -0.15) is 8.78 Å². The van der Waals surface area contributed by atoms with Crippen LogP contribution in [0.2, 0.25) is 0 Å². The van der Waals surface area contributed by atoms with Crippen LogP contribution in [0.1, 0.15) is 21.5 Å². The molecule has 0 saturated carbocycles. The van der Waals surface area contributed by atoms with Crippen LogP contribution in [0, 0.1) is 6.92 Å². The molecule has 0 aromatic heterocycles. The summed E-state index contributed by atoms with van der Waals surface area (Å²) in [5, 5.41) is 2.76. The highest BCUT2D eigenvalue weighted by Crippen LogP contribution is 2.19. The number of rotatable bonds is 6. The maximum absolute atomic E-state index is 12.1. The van der Waals surface area contributed by atoms with Crippen LogP contribution in [-0.2, 0) is 6.54 Å². The fourth-order valence-electron chi connectivity index (χ4n) is 2.03. The van der Waals surface area contributed by atoms with E-state index in [1.54, 1.807) is 31.4 Å². The number of carbonyl (C=O) groups excluding carboxylic acids is 1. The molecule has 2 rings (SSSR count). The van der Waals surface area contributed by atoms with Crippen molar-refractivity contribution in [3.63, 3.8) is 0 Å². The van der Waals surface area contributed by atoms with E-state index in [2.05, 4.69) is 10.1 Å². The van der Waals surface area contributed by atoms with Gasteiger partial charge in [-0.05, 0) is 42.3 Å². The number of amides is 1. The summed E-state index contributed by atoms with van der Waals surface area (Å²) < 4.78 is 33.6. The van der Waals surface area contributed by atoms with E-state index in [0.717, 1.165) is 11.1 Å². The van der Waals surface area contributed by atoms with Crippen molar-refractivity contribution in [3.8, 4) is 11.5 Å². The van der Waals surface area contributed by atoms with Gasteiger partial charge >= 0.3 is 6.61 Å². The molecule has 0 heterocycles. The molecule has 4 nitrogen and oxygen atoms in total. The summed E-state index contributed by atoms with van der Waals surface area (Å²) in [6, 6.07) is 11.3. The average molecular weight is 321 g/mol. The molecule has 0 aliphatic heterocycles. The number of benzene rings is 2. The van der Waals surface area contributed by atoms with Crippen molar-refractivity contribution in [2.45, 2.75) is 20.1 Å². The van der Waals surface area contributed by atoms with Crippen LogP contribution in [0.4, 0.5) is 8.78 Å². The zero-order chi connectivity index (χ0) is 16.8. The predicted molar refractivity (Wildman–Crippen MR) is 82.0 cm³/mol. The number of hydrogen-bond donors (Lipinski definition) is 1. The quantitative estimate of drug-likeness (QED) is 0.885. The number of aryl methyl sites for hydroxylation is 1. The Kier molecular flexibility index (Phi) is 5.51. The molecule has 0 atom stereocenters. The smallest absolute Gasteiger partial charge is 0.387 e. The number of carbonyl (C=O) groups is 1. The van der Waals surface area contributed by atoms with E-state index in [1.807, 2.05) is 13.0 Å². The van der Waals surface area contributed by atoms with Gasteiger partial charge in [-0.1, -0.05) is 18.2 Å². The van der Waals surface area contributed by atoms with Crippen LogP contribution in [0.15, 0.2) is 42.5 Å². The number of halogens is 2. The molecule has 122 valence electrons. The van der Waals surface area contributed by atoms with E-state index in [1.165, 1.54) is 12.1 Å². The van der Waals surface area contributed by atoms with Gasteiger partial charge in [0.1, 0.15) is 11.5 Å². The molecule has 0 aliphatic rings. The van der Waals surface area contributed by atoms with Crippen molar-refractivity contribution in [3.05, 3.63) is 59.2 Å². The third kappa shape index (κ3) is 4.67. The maximum Gasteiger partial charge on any atom is 0.387 e. The summed E-state index contributed by atoms with van der Waals surface area (Å²) in [7, 11) is 1.55. The molecule has 0 fully saturated rings. The van der Waals surface area contributed by atoms with Crippen LogP contribution in [0.3, 0.4) is 0 Å². The van der Waals surface area contributed by atoms with E-state index >= 15 is 0 Å². The fraction of sp³-hybridized carbons (Fsp3) is 0.235. The van der Waals surface area contributed by atoms with Crippen molar-refractivity contribution in [1.82, 2.24) is 5.32 Å². The topological polar surface area (TPSA) is 47.6 Å². The third-order valence-corrected chi connectivity index (χ3v) is 3.27. The first-order chi connectivity index (χ1) is 11.0. The first kappa shape index (κ1) is 16.7. The lowest BCUT2D eigenvalue weighted by Gasteiger charge is -2.09. The molecule has 1 N–H and O–H groups in total. The van der Waals surface area contributed by atoms with E-state index < -0.39 is 6.61 Å². The largest absolute Gasteiger partial charge is 0.496 e.